The molecular formula is C20H34ClN3O4. The van der Waals surface area contributed by atoms with Crippen molar-refractivity contribution >= 4 is 18.3 Å². The topological polar surface area (TPSA) is 85.6 Å². The molecule has 2 N–H and O–H groups in total. The predicted octanol–water partition coefficient (Wildman–Crippen LogP) is 2.44. The fourth-order valence-corrected chi connectivity index (χ4v) is 3.88. The first kappa shape index (κ1) is 23.1. The van der Waals surface area contributed by atoms with Crippen molar-refractivity contribution in [3.05, 3.63) is 17.5 Å². The molecule has 2 saturated heterocycles. The van der Waals surface area contributed by atoms with E-state index in [2.05, 4.69) is 15.8 Å². The summed E-state index contributed by atoms with van der Waals surface area (Å²) < 4.78 is 16.6. The fourth-order valence-electron chi connectivity index (χ4n) is 3.88. The average Bonchev–Trinajstić information content (AvgIpc) is 3.33. The fraction of sp³-hybridized carbons (Fsp3) is 0.800. The van der Waals surface area contributed by atoms with Crippen LogP contribution in [0.15, 0.2) is 10.6 Å². The zero-order valence-corrected chi connectivity index (χ0v) is 17.8. The van der Waals surface area contributed by atoms with Crippen LogP contribution in [0.1, 0.15) is 56.9 Å². The first-order valence-corrected chi connectivity index (χ1v) is 10.2. The number of carbonyl (C=O) groups excluding carboxylic acids is 1. The molecule has 0 bridgehead atoms. The van der Waals surface area contributed by atoms with Gasteiger partial charge < -0.3 is 24.6 Å². The van der Waals surface area contributed by atoms with Crippen LogP contribution in [0.25, 0.3) is 0 Å². The Morgan fingerprint density at radius 3 is 3.04 bits per heavy atom. The van der Waals surface area contributed by atoms with Gasteiger partial charge in [-0.05, 0) is 46.1 Å². The zero-order valence-electron chi connectivity index (χ0n) is 17.0. The summed E-state index contributed by atoms with van der Waals surface area (Å²) in [5, 5.41) is 10.7. The van der Waals surface area contributed by atoms with Crippen molar-refractivity contribution in [1.29, 1.82) is 0 Å². The summed E-state index contributed by atoms with van der Waals surface area (Å²) in [5.41, 5.74) is 0.479. The van der Waals surface area contributed by atoms with Gasteiger partial charge in [0.2, 0.25) is 5.91 Å². The van der Waals surface area contributed by atoms with E-state index in [1.165, 1.54) is 0 Å². The van der Waals surface area contributed by atoms with Crippen LogP contribution in [0.5, 0.6) is 0 Å². The second-order valence-electron chi connectivity index (χ2n) is 8.05. The van der Waals surface area contributed by atoms with Crippen LogP contribution >= 0.6 is 12.4 Å². The number of amides is 1. The van der Waals surface area contributed by atoms with Gasteiger partial charge in [-0.25, -0.2) is 0 Å². The van der Waals surface area contributed by atoms with Gasteiger partial charge in [0.05, 0.1) is 23.8 Å². The smallest absolute Gasteiger partial charge is 0.227 e. The van der Waals surface area contributed by atoms with Crippen LogP contribution in [0, 0.1) is 5.41 Å². The lowest BCUT2D eigenvalue weighted by Crippen LogP contribution is -2.52. The van der Waals surface area contributed by atoms with Crippen molar-refractivity contribution < 1.29 is 18.8 Å². The second kappa shape index (κ2) is 11.1. The van der Waals surface area contributed by atoms with Gasteiger partial charge in [-0.2, -0.15) is 0 Å². The van der Waals surface area contributed by atoms with Gasteiger partial charge in [-0.3, -0.25) is 4.79 Å². The summed E-state index contributed by atoms with van der Waals surface area (Å²) in [6.45, 7) is 8.45. The zero-order chi connectivity index (χ0) is 19.1. The van der Waals surface area contributed by atoms with E-state index in [1.54, 1.807) is 0 Å². The van der Waals surface area contributed by atoms with Crippen molar-refractivity contribution in [1.82, 2.24) is 15.8 Å². The highest BCUT2D eigenvalue weighted by Gasteiger charge is 2.40. The number of aromatic nitrogens is 1. The predicted molar refractivity (Wildman–Crippen MR) is 109 cm³/mol. The molecule has 3 rings (SSSR count). The molecule has 8 heteroatoms. The van der Waals surface area contributed by atoms with Crippen molar-refractivity contribution in [3.63, 3.8) is 0 Å². The summed E-state index contributed by atoms with van der Waals surface area (Å²) >= 11 is 0. The third kappa shape index (κ3) is 6.17. The van der Waals surface area contributed by atoms with E-state index in [0.29, 0.717) is 38.6 Å². The summed E-state index contributed by atoms with van der Waals surface area (Å²) in [4.78, 5) is 13.0. The molecular weight excluding hydrogens is 382 g/mol. The molecule has 1 aromatic heterocycles. The molecule has 2 unspecified atom stereocenters. The molecule has 0 aromatic carbocycles. The van der Waals surface area contributed by atoms with Gasteiger partial charge in [-0.15, -0.1) is 12.4 Å². The molecule has 3 heterocycles. The lowest BCUT2D eigenvalue weighted by Gasteiger charge is -2.35. The Labute approximate surface area is 173 Å². The second-order valence-corrected chi connectivity index (χ2v) is 8.05. The van der Waals surface area contributed by atoms with Crippen LogP contribution in [-0.4, -0.2) is 56.6 Å². The van der Waals surface area contributed by atoms with Gasteiger partial charge in [-0.1, -0.05) is 5.16 Å². The lowest BCUT2D eigenvalue weighted by molar-refractivity contribution is -0.132. The average molecular weight is 416 g/mol. The summed E-state index contributed by atoms with van der Waals surface area (Å²) in [6.07, 6.45) is 4.45. The number of hydrogen-bond donors (Lipinski definition) is 2. The molecule has 1 amide bonds. The minimum absolute atomic E-state index is 0. The number of rotatable bonds is 9. The van der Waals surface area contributed by atoms with Gasteiger partial charge in [0.15, 0.2) is 0 Å². The van der Waals surface area contributed by atoms with Gasteiger partial charge in [0.1, 0.15) is 5.76 Å². The number of piperidine rings is 1. The molecule has 160 valence electrons. The number of hydrogen-bond acceptors (Lipinski definition) is 6. The molecule has 0 spiro atoms. The highest BCUT2D eigenvalue weighted by Crippen LogP contribution is 2.33. The number of ether oxygens (including phenoxy) is 2. The van der Waals surface area contributed by atoms with Gasteiger partial charge in [0, 0.05) is 44.7 Å². The first-order valence-electron chi connectivity index (χ1n) is 10.2. The molecule has 1 aromatic rings. The summed E-state index contributed by atoms with van der Waals surface area (Å²) in [6, 6.07) is 2.01. The largest absolute Gasteiger partial charge is 0.381 e. The summed E-state index contributed by atoms with van der Waals surface area (Å²) in [7, 11) is 0. The minimum Gasteiger partial charge on any atom is -0.381 e. The minimum atomic E-state index is -0.472. The van der Waals surface area contributed by atoms with E-state index < -0.39 is 5.41 Å². The van der Waals surface area contributed by atoms with E-state index in [1.807, 2.05) is 19.9 Å². The Morgan fingerprint density at radius 1 is 1.50 bits per heavy atom. The monoisotopic (exact) mass is 415 g/mol. The molecule has 2 aliphatic rings. The highest BCUT2D eigenvalue weighted by atomic mass is 35.5. The molecule has 28 heavy (non-hydrogen) atoms. The van der Waals surface area contributed by atoms with E-state index in [9.17, 15) is 4.79 Å². The number of nitrogens with zero attached hydrogens (tertiary/aromatic N) is 1. The van der Waals surface area contributed by atoms with Crippen molar-refractivity contribution in [2.45, 2.75) is 58.0 Å². The van der Waals surface area contributed by atoms with Crippen molar-refractivity contribution in [3.8, 4) is 0 Å². The Hall–Kier alpha value is -1.15. The van der Waals surface area contributed by atoms with E-state index in [-0.39, 0.29) is 24.4 Å². The van der Waals surface area contributed by atoms with E-state index in [4.69, 9.17) is 14.0 Å². The third-order valence-corrected chi connectivity index (χ3v) is 5.45. The maximum atomic E-state index is 13.0. The van der Waals surface area contributed by atoms with Crippen molar-refractivity contribution in [2.75, 3.05) is 39.5 Å². The summed E-state index contributed by atoms with van der Waals surface area (Å²) in [5.74, 6) is 1.21. The molecule has 0 radical (unpaired) electrons. The van der Waals surface area contributed by atoms with Crippen LogP contribution < -0.4 is 10.6 Å². The van der Waals surface area contributed by atoms with Crippen molar-refractivity contribution in [2.24, 2.45) is 5.41 Å². The third-order valence-electron chi connectivity index (χ3n) is 5.45. The van der Waals surface area contributed by atoms with E-state index in [0.717, 1.165) is 50.3 Å². The first-order chi connectivity index (χ1) is 13.1. The standard InChI is InChI=1S/C20H33N3O4.ClH/c1-15(2)26-9-4-8-22-19(24)20(6-3-7-21-14-20)12-17-11-18(23-27-17)16-5-10-25-13-16;/h11,15-16,21H,3-10,12-14H2,1-2H3,(H,22,24);1H. The lowest BCUT2D eigenvalue weighted by atomic mass is 9.76. The van der Waals surface area contributed by atoms with Crippen LogP contribution in [-0.2, 0) is 20.7 Å². The van der Waals surface area contributed by atoms with E-state index >= 15 is 0 Å². The molecule has 2 aliphatic heterocycles. The van der Waals surface area contributed by atoms with Gasteiger partial charge in [0.25, 0.3) is 0 Å². The maximum Gasteiger partial charge on any atom is 0.227 e. The Bertz CT molecular complexity index is 596. The van der Waals surface area contributed by atoms with Gasteiger partial charge >= 0.3 is 0 Å². The quantitative estimate of drug-likeness (QED) is 0.602. The van der Waals surface area contributed by atoms with Crippen LogP contribution in [0.2, 0.25) is 0 Å². The molecule has 2 atom stereocenters. The number of carbonyl (C=O) groups is 1. The molecule has 7 nitrogen and oxygen atoms in total. The Balaban J connectivity index is 0.00000280. The Morgan fingerprint density at radius 2 is 2.36 bits per heavy atom. The Kier molecular flexibility index (Phi) is 9.21. The maximum absolute atomic E-state index is 13.0. The number of nitrogens with one attached hydrogen (secondary N) is 2. The molecule has 0 saturated carbocycles. The highest BCUT2D eigenvalue weighted by molar-refractivity contribution is 5.85. The normalized spacial score (nSPS) is 24.9. The molecule has 2 fully saturated rings. The van der Waals surface area contributed by atoms with Crippen LogP contribution in [0.3, 0.4) is 0 Å². The van der Waals surface area contributed by atoms with Crippen LogP contribution in [0.4, 0.5) is 0 Å². The SMILES string of the molecule is CC(C)OCCCNC(=O)C1(Cc2cc(C3CCOC3)no2)CCCNC1.Cl. The molecule has 0 aliphatic carbocycles. The number of halogens is 1.